The molecule has 1 aliphatic carbocycles. The van der Waals surface area contributed by atoms with Crippen molar-refractivity contribution < 1.29 is 19.4 Å². The van der Waals surface area contributed by atoms with Gasteiger partial charge in [-0.25, -0.2) is 9.78 Å². The summed E-state index contributed by atoms with van der Waals surface area (Å²) in [7, 11) is 0. The van der Waals surface area contributed by atoms with Crippen LogP contribution in [0.2, 0.25) is 0 Å². The predicted octanol–water partition coefficient (Wildman–Crippen LogP) is 1.56. The molecule has 0 bridgehead atoms. The highest BCUT2D eigenvalue weighted by Crippen LogP contribution is 2.27. The van der Waals surface area contributed by atoms with Crippen LogP contribution < -0.4 is 10.1 Å². The molecule has 0 unspecified atom stereocenters. The SMILES string of the molecule is CCOc1ccc(NC(=O)N(CC(=O)O)C2CC2)cn1. The van der Waals surface area contributed by atoms with Crippen LogP contribution in [0.4, 0.5) is 10.5 Å². The number of carbonyl (C=O) groups is 2. The maximum absolute atomic E-state index is 12.0. The number of amides is 2. The van der Waals surface area contributed by atoms with Crippen LogP contribution in [0.15, 0.2) is 18.3 Å². The van der Waals surface area contributed by atoms with Gasteiger partial charge in [-0.3, -0.25) is 4.79 Å². The number of hydrogen-bond acceptors (Lipinski definition) is 4. The molecule has 1 fully saturated rings. The number of aromatic nitrogens is 1. The monoisotopic (exact) mass is 279 g/mol. The maximum Gasteiger partial charge on any atom is 0.323 e. The number of nitrogens with one attached hydrogen (secondary N) is 1. The Hall–Kier alpha value is -2.31. The number of anilines is 1. The third kappa shape index (κ3) is 3.84. The molecule has 7 nitrogen and oxygen atoms in total. The number of urea groups is 1. The van der Waals surface area contributed by atoms with E-state index >= 15 is 0 Å². The summed E-state index contributed by atoms with van der Waals surface area (Å²) in [6, 6.07) is 2.93. The Kier molecular flexibility index (Phi) is 4.39. The van der Waals surface area contributed by atoms with Gasteiger partial charge in [-0.05, 0) is 25.8 Å². The van der Waals surface area contributed by atoms with Crippen LogP contribution in [0.5, 0.6) is 5.88 Å². The van der Waals surface area contributed by atoms with E-state index in [1.165, 1.54) is 11.1 Å². The van der Waals surface area contributed by atoms with Gasteiger partial charge in [0.1, 0.15) is 6.54 Å². The molecule has 2 rings (SSSR count). The van der Waals surface area contributed by atoms with Crippen LogP contribution in [0.25, 0.3) is 0 Å². The fourth-order valence-electron chi connectivity index (χ4n) is 1.78. The van der Waals surface area contributed by atoms with Gasteiger partial charge in [-0.1, -0.05) is 0 Å². The number of ether oxygens (including phenoxy) is 1. The molecule has 0 aliphatic heterocycles. The second kappa shape index (κ2) is 6.23. The molecule has 1 aliphatic rings. The van der Waals surface area contributed by atoms with Crippen molar-refractivity contribution in [3.63, 3.8) is 0 Å². The van der Waals surface area contributed by atoms with Gasteiger partial charge in [0.15, 0.2) is 0 Å². The minimum atomic E-state index is -1.02. The fourth-order valence-corrected chi connectivity index (χ4v) is 1.78. The number of aliphatic carboxylic acids is 1. The Morgan fingerprint density at radius 1 is 1.50 bits per heavy atom. The average molecular weight is 279 g/mol. The smallest absolute Gasteiger partial charge is 0.323 e. The van der Waals surface area contributed by atoms with Crippen molar-refractivity contribution >= 4 is 17.7 Å². The number of hydrogen-bond donors (Lipinski definition) is 2. The molecular formula is C13H17N3O4. The van der Waals surface area contributed by atoms with E-state index in [1.807, 2.05) is 6.92 Å². The molecule has 20 heavy (non-hydrogen) atoms. The van der Waals surface area contributed by atoms with E-state index in [-0.39, 0.29) is 12.6 Å². The lowest BCUT2D eigenvalue weighted by Crippen LogP contribution is -2.40. The number of carbonyl (C=O) groups excluding carboxylic acids is 1. The van der Waals surface area contributed by atoms with Crippen LogP contribution in [-0.4, -0.2) is 46.2 Å². The molecule has 2 amide bonds. The lowest BCUT2D eigenvalue weighted by molar-refractivity contribution is -0.137. The highest BCUT2D eigenvalue weighted by molar-refractivity contribution is 5.91. The molecule has 0 spiro atoms. The average Bonchev–Trinajstić information content (AvgIpc) is 3.22. The van der Waals surface area contributed by atoms with Crippen molar-refractivity contribution in [3.8, 4) is 5.88 Å². The first kappa shape index (κ1) is 14.1. The number of nitrogens with zero attached hydrogens (tertiary/aromatic N) is 2. The quantitative estimate of drug-likeness (QED) is 0.824. The lowest BCUT2D eigenvalue weighted by atomic mass is 10.4. The van der Waals surface area contributed by atoms with Crippen molar-refractivity contribution in [1.82, 2.24) is 9.88 Å². The normalized spacial score (nSPS) is 13.7. The molecule has 0 radical (unpaired) electrons. The van der Waals surface area contributed by atoms with Crippen LogP contribution in [0.3, 0.4) is 0 Å². The largest absolute Gasteiger partial charge is 0.480 e. The van der Waals surface area contributed by atoms with E-state index in [0.717, 1.165) is 12.8 Å². The topological polar surface area (TPSA) is 91.8 Å². The van der Waals surface area contributed by atoms with Crippen LogP contribution in [-0.2, 0) is 4.79 Å². The molecule has 1 heterocycles. The Balaban J connectivity index is 1.96. The van der Waals surface area contributed by atoms with Crippen LogP contribution >= 0.6 is 0 Å². The van der Waals surface area contributed by atoms with Gasteiger partial charge in [-0.2, -0.15) is 0 Å². The van der Waals surface area contributed by atoms with Gasteiger partial charge < -0.3 is 20.1 Å². The van der Waals surface area contributed by atoms with E-state index < -0.39 is 12.0 Å². The summed E-state index contributed by atoms with van der Waals surface area (Å²) in [4.78, 5) is 28.2. The molecule has 2 N–H and O–H groups in total. The molecule has 1 saturated carbocycles. The number of carboxylic acids is 1. The van der Waals surface area contributed by atoms with Gasteiger partial charge in [0.2, 0.25) is 5.88 Å². The van der Waals surface area contributed by atoms with Crippen molar-refractivity contribution in [3.05, 3.63) is 18.3 Å². The van der Waals surface area contributed by atoms with Gasteiger partial charge in [0, 0.05) is 12.1 Å². The fraction of sp³-hybridized carbons (Fsp3) is 0.462. The standard InChI is InChI=1S/C13H17N3O4/c1-2-20-11-6-3-9(7-14-11)15-13(19)16(8-12(17)18)10-4-5-10/h3,6-7,10H,2,4-5,8H2,1H3,(H,15,19)(H,17,18). The first-order valence-electron chi connectivity index (χ1n) is 6.48. The lowest BCUT2D eigenvalue weighted by Gasteiger charge is -2.20. The number of rotatable bonds is 6. The number of carboxylic acid groups (broad SMARTS) is 1. The van der Waals surface area contributed by atoms with E-state index in [9.17, 15) is 9.59 Å². The van der Waals surface area contributed by atoms with Crippen molar-refractivity contribution in [2.24, 2.45) is 0 Å². The minimum Gasteiger partial charge on any atom is -0.480 e. The van der Waals surface area contributed by atoms with Gasteiger partial charge in [0.05, 0.1) is 18.5 Å². The zero-order chi connectivity index (χ0) is 14.5. The Morgan fingerprint density at radius 3 is 2.75 bits per heavy atom. The van der Waals surface area contributed by atoms with Crippen molar-refractivity contribution in [1.29, 1.82) is 0 Å². The van der Waals surface area contributed by atoms with Crippen LogP contribution in [0.1, 0.15) is 19.8 Å². The van der Waals surface area contributed by atoms with Gasteiger partial charge in [0.25, 0.3) is 0 Å². The van der Waals surface area contributed by atoms with E-state index in [1.54, 1.807) is 12.1 Å². The van der Waals surface area contributed by atoms with Crippen LogP contribution in [0, 0.1) is 0 Å². The zero-order valence-corrected chi connectivity index (χ0v) is 11.2. The van der Waals surface area contributed by atoms with Crippen molar-refractivity contribution in [2.45, 2.75) is 25.8 Å². The molecular weight excluding hydrogens is 262 g/mol. The molecule has 1 aromatic rings. The minimum absolute atomic E-state index is 0.0294. The molecule has 0 saturated heterocycles. The summed E-state index contributed by atoms with van der Waals surface area (Å²) in [5.41, 5.74) is 0.509. The van der Waals surface area contributed by atoms with E-state index in [4.69, 9.17) is 9.84 Å². The second-order valence-electron chi connectivity index (χ2n) is 4.50. The molecule has 7 heteroatoms. The predicted molar refractivity (Wildman–Crippen MR) is 71.8 cm³/mol. The zero-order valence-electron chi connectivity index (χ0n) is 11.2. The second-order valence-corrected chi connectivity index (χ2v) is 4.50. The Morgan fingerprint density at radius 2 is 2.25 bits per heavy atom. The third-order valence-electron chi connectivity index (χ3n) is 2.83. The highest BCUT2D eigenvalue weighted by Gasteiger charge is 2.33. The molecule has 0 aromatic carbocycles. The van der Waals surface area contributed by atoms with Gasteiger partial charge >= 0.3 is 12.0 Å². The summed E-state index contributed by atoms with van der Waals surface area (Å²) in [5, 5.41) is 11.5. The summed E-state index contributed by atoms with van der Waals surface area (Å²) in [6.45, 7) is 2.09. The Labute approximate surface area is 116 Å². The molecule has 108 valence electrons. The van der Waals surface area contributed by atoms with Crippen molar-refractivity contribution in [2.75, 3.05) is 18.5 Å². The maximum atomic E-state index is 12.0. The first-order chi connectivity index (χ1) is 9.60. The van der Waals surface area contributed by atoms with E-state index in [2.05, 4.69) is 10.3 Å². The third-order valence-corrected chi connectivity index (χ3v) is 2.83. The Bertz CT molecular complexity index is 485. The summed E-state index contributed by atoms with van der Waals surface area (Å²) < 4.78 is 5.20. The molecule has 0 atom stereocenters. The number of pyridine rings is 1. The van der Waals surface area contributed by atoms with E-state index in [0.29, 0.717) is 18.2 Å². The summed E-state index contributed by atoms with van der Waals surface area (Å²) >= 11 is 0. The highest BCUT2D eigenvalue weighted by atomic mass is 16.5. The summed E-state index contributed by atoms with van der Waals surface area (Å²) in [6.07, 6.45) is 3.18. The molecule has 1 aromatic heterocycles. The summed E-state index contributed by atoms with van der Waals surface area (Å²) in [5.74, 6) is -0.535. The first-order valence-corrected chi connectivity index (χ1v) is 6.48. The van der Waals surface area contributed by atoms with Gasteiger partial charge in [-0.15, -0.1) is 0 Å².